The second-order valence-electron chi connectivity index (χ2n) is 3.31. The summed E-state index contributed by atoms with van der Waals surface area (Å²) in [6.07, 6.45) is -2.51. The van der Waals surface area contributed by atoms with E-state index in [-0.39, 0.29) is 17.5 Å². The van der Waals surface area contributed by atoms with Crippen LogP contribution in [0.25, 0.3) is 0 Å². The summed E-state index contributed by atoms with van der Waals surface area (Å²) in [7, 11) is 0. The van der Waals surface area contributed by atoms with Crippen molar-refractivity contribution in [3.63, 3.8) is 0 Å². The number of carbonyl (C=O) groups is 1. The van der Waals surface area contributed by atoms with Gasteiger partial charge in [0.05, 0.1) is 18.6 Å². The van der Waals surface area contributed by atoms with E-state index in [4.69, 9.17) is 5.26 Å². The highest BCUT2D eigenvalue weighted by molar-refractivity contribution is 5.75. The topological polar surface area (TPSA) is 81.3 Å². The number of halogens is 1. The minimum Gasteiger partial charge on any atom is -0.389 e. The number of hydrogen-bond acceptors (Lipinski definition) is 4. The first kappa shape index (κ1) is 12.3. The number of aliphatic hydroxyl groups excluding tert-OH is 2. The van der Waals surface area contributed by atoms with Crippen LogP contribution in [0.15, 0.2) is 18.2 Å². The zero-order valence-corrected chi connectivity index (χ0v) is 8.30. The number of nitrogens with zero attached hydrogens (tertiary/aromatic N) is 1. The van der Waals surface area contributed by atoms with Crippen LogP contribution in [0.4, 0.5) is 4.39 Å². The van der Waals surface area contributed by atoms with Crippen LogP contribution in [-0.2, 0) is 0 Å². The van der Waals surface area contributed by atoms with Gasteiger partial charge in [-0.2, -0.15) is 5.26 Å². The first-order chi connectivity index (χ1) is 7.58. The summed E-state index contributed by atoms with van der Waals surface area (Å²) in [4.78, 5) is 10.5. The molecule has 2 atom stereocenters. The molecule has 0 aliphatic heterocycles. The van der Waals surface area contributed by atoms with Gasteiger partial charge in [0.15, 0.2) is 0 Å². The average Bonchev–Trinajstić information content (AvgIpc) is 2.27. The maximum Gasteiger partial charge on any atom is 0.150 e. The van der Waals surface area contributed by atoms with Gasteiger partial charge >= 0.3 is 0 Å². The van der Waals surface area contributed by atoms with Crippen LogP contribution in [0.5, 0.6) is 0 Å². The van der Waals surface area contributed by atoms with Crippen LogP contribution >= 0.6 is 0 Å². The minimum absolute atomic E-state index is 0.0678. The van der Waals surface area contributed by atoms with E-state index in [0.29, 0.717) is 6.29 Å². The zero-order chi connectivity index (χ0) is 12.1. The van der Waals surface area contributed by atoms with Crippen LogP contribution in [0, 0.1) is 17.1 Å². The Balaban J connectivity index is 2.99. The van der Waals surface area contributed by atoms with Crippen LogP contribution in [0.2, 0.25) is 0 Å². The monoisotopic (exact) mass is 223 g/mol. The molecular formula is C11H10FNO3. The summed E-state index contributed by atoms with van der Waals surface area (Å²) in [5.74, 6) is -0.678. The lowest BCUT2D eigenvalue weighted by molar-refractivity contribution is 0.0214. The van der Waals surface area contributed by atoms with E-state index >= 15 is 0 Å². The Morgan fingerprint density at radius 2 is 2.12 bits per heavy atom. The van der Waals surface area contributed by atoms with Gasteiger partial charge in [-0.3, -0.25) is 4.79 Å². The maximum atomic E-state index is 13.0. The minimum atomic E-state index is -1.38. The average molecular weight is 223 g/mol. The highest BCUT2D eigenvalue weighted by Gasteiger charge is 2.19. The Morgan fingerprint density at radius 3 is 2.69 bits per heavy atom. The molecule has 1 aromatic carbocycles. The van der Waals surface area contributed by atoms with E-state index in [1.165, 1.54) is 6.07 Å². The van der Waals surface area contributed by atoms with Crippen LogP contribution in [-0.4, -0.2) is 22.6 Å². The van der Waals surface area contributed by atoms with Crippen molar-refractivity contribution in [1.29, 1.82) is 5.26 Å². The number of rotatable bonds is 4. The van der Waals surface area contributed by atoms with Crippen molar-refractivity contribution < 1.29 is 19.4 Å². The van der Waals surface area contributed by atoms with Crippen molar-refractivity contribution in [2.24, 2.45) is 0 Å². The van der Waals surface area contributed by atoms with Gasteiger partial charge in [0.25, 0.3) is 0 Å². The molecule has 5 heteroatoms. The summed E-state index contributed by atoms with van der Waals surface area (Å²) in [5, 5.41) is 27.3. The molecule has 0 amide bonds. The first-order valence-electron chi connectivity index (χ1n) is 4.57. The largest absolute Gasteiger partial charge is 0.389 e. The highest BCUT2D eigenvalue weighted by Crippen LogP contribution is 2.20. The summed E-state index contributed by atoms with van der Waals surface area (Å²) in [5.41, 5.74) is 0.142. The Labute approximate surface area is 91.6 Å². The van der Waals surface area contributed by atoms with Crippen molar-refractivity contribution >= 4 is 6.29 Å². The number of hydrogen-bond donors (Lipinski definition) is 2. The molecule has 0 aliphatic carbocycles. The number of benzene rings is 1. The van der Waals surface area contributed by atoms with Gasteiger partial charge in [-0.05, 0) is 23.8 Å². The summed E-state index contributed by atoms with van der Waals surface area (Å²) >= 11 is 0. The standard InChI is InChI=1S/C11H10FNO3/c12-9-4-7(6-14)3-8(5-9)11(16)10(15)1-2-13/h3-6,10-11,15-16H,1H2. The predicted molar refractivity (Wildman–Crippen MR) is 53.0 cm³/mol. The molecule has 1 aromatic rings. The molecule has 2 N–H and O–H groups in total. The van der Waals surface area contributed by atoms with Crippen molar-refractivity contribution in [3.05, 3.63) is 35.1 Å². The lowest BCUT2D eigenvalue weighted by Crippen LogP contribution is -2.17. The zero-order valence-electron chi connectivity index (χ0n) is 8.30. The molecule has 0 aliphatic rings. The smallest absolute Gasteiger partial charge is 0.150 e. The molecule has 0 saturated heterocycles. The number of nitriles is 1. The molecular weight excluding hydrogens is 213 g/mol. The molecule has 0 heterocycles. The SMILES string of the molecule is N#CCC(O)C(O)c1cc(F)cc(C=O)c1. The summed E-state index contributed by atoms with van der Waals surface area (Å²) in [6, 6.07) is 4.98. The molecule has 0 bridgehead atoms. The Kier molecular flexibility index (Phi) is 4.11. The quantitative estimate of drug-likeness (QED) is 0.744. The van der Waals surface area contributed by atoms with Gasteiger partial charge < -0.3 is 10.2 Å². The second kappa shape index (κ2) is 5.35. The number of carbonyl (C=O) groups excluding carboxylic acids is 1. The third-order valence-corrected chi connectivity index (χ3v) is 2.08. The summed E-state index contributed by atoms with van der Waals surface area (Å²) < 4.78 is 13.0. The van der Waals surface area contributed by atoms with E-state index in [2.05, 4.69) is 0 Å². The van der Waals surface area contributed by atoms with Crippen molar-refractivity contribution in [1.82, 2.24) is 0 Å². The molecule has 16 heavy (non-hydrogen) atoms. The summed E-state index contributed by atoms with van der Waals surface area (Å²) in [6.45, 7) is 0. The van der Waals surface area contributed by atoms with Crippen LogP contribution < -0.4 is 0 Å². The van der Waals surface area contributed by atoms with E-state index in [0.717, 1.165) is 12.1 Å². The van der Waals surface area contributed by atoms with Crippen LogP contribution in [0.3, 0.4) is 0 Å². The van der Waals surface area contributed by atoms with Gasteiger partial charge in [-0.15, -0.1) is 0 Å². The van der Waals surface area contributed by atoms with E-state index in [1.54, 1.807) is 6.07 Å². The van der Waals surface area contributed by atoms with Crippen molar-refractivity contribution in [2.45, 2.75) is 18.6 Å². The molecule has 84 valence electrons. The molecule has 0 spiro atoms. The highest BCUT2D eigenvalue weighted by atomic mass is 19.1. The van der Waals surface area contributed by atoms with Crippen LogP contribution in [0.1, 0.15) is 28.4 Å². The number of aliphatic hydroxyl groups is 2. The lowest BCUT2D eigenvalue weighted by Gasteiger charge is -2.15. The Hall–Kier alpha value is -1.77. The van der Waals surface area contributed by atoms with Gasteiger partial charge in [0, 0.05) is 5.56 Å². The van der Waals surface area contributed by atoms with Gasteiger partial charge in [-0.1, -0.05) is 0 Å². The maximum absolute atomic E-state index is 13.0. The molecule has 1 rings (SSSR count). The molecule has 0 saturated carbocycles. The molecule has 2 unspecified atom stereocenters. The normalized spacial score (nSPS) is 13.9. The third-order valence-electron chi connectivity index (χ3n) is 2.08. The Bertz CT molecular complexity index is 428. The molecule has 0 fully saturated rings. The fourth-order valence-corrected chi connectivity index (χ4v) is 1.30. The Morgan fingerprint density at radius 1 is 1.44 bits per heavy atom. The van der Waals surface area contributed by atoms with Crippen molar-refractivity contribution in [3.8, 4) is 6.07 Å². The fraction of sp³-hybridized carbons (Fsp3) is 0.273. The van der Waals surface area contributed by atoms with E-state index in [9.17, 15) is 19.4 Å². The van der Waals surface area contributed by atoms with Gasteiger partial charge in [-0.25, -0.2) is 4.39 Å². The van der Waals surface area contributed by atoms with Crippen molar-refractivity contribution in [2.75, 3.05) is 0 Å². The third kappa shape index (κ3) is 2.86. The molecule has 0 aromatic heterocycles. The first-order valence-corrected chi connectivity index (χ1v) is 4.57. The predicted octanol–water partition coefficient (Wildman–Crippen LogP) is 0.946. The number of aldehydes is 1. The second-order valence-corrected chi connectivity index (χ2v) is 3.31. The fourth-order valence-electron chi connectivity index (χ4n) is 1.30. The van der Waals surface area contributed by atoms with Gasteiger partial charge in [0.1, 0.15) is 18.2 Å². The van der Waals surface area contributed by atoms with Gasteiger partial charge in [0.2, 0.25) is 0 Å². The molecule has 0 radical (unpaired) electrons. The lowest BCUT2D eigenvalue weighted by atomic mass is 10.0. The van der Waals surface area contributed by atoms with E-state index in [1.807, 2.05) is 0 Å². The van der Waals surface area contributed by atoms with E-state index < -0.39 is 18.0 Å². The molecule has 4 nitrogen and oxygen atoms in total.